The second-order valence-electron chi connectivity index (χ2n) is 5.21. The van der Waals surface area contributed by atoms with E-state index in [0.717, 1.165) is 0 Å². The molecule has 3 rings (SSSR count). The zero-order valence-corrected chi connectivity index (χ0v) is 12.2. The van der Waals surface area contributed by atoms with Gasteiger partial charge in [0, 0.05) is 16.5 Å². The summed E-state index contributed by atoms with van der Waals surface area (Å²) in [5.41, 5.74) is 5.08. The number of aryl methyl sites for hydroxylation is 1. The molecule has 0 aliphatic carbocycles. The smallest absolute Gasteiger partial charge is 0.0537 e. The normalized spacial score (nSPS) is 12.8. The Labute approximate surface area is 119 Å². The lowest BCUT2D eigenvalue weighted by Gasteiger charge is -2.07. The minimum atomic E-state index is 1.23. The zero-order chi connectivity index (χ0) is 14.1. The largest absolute Gasteiger partial charge is 0.313 e. The molecule has 0 atom stereocenters. The Bertz CT molecular complexity index is 831. The summed E-state index contributed by atoms with van der Waals surface area (Å²) in [7, 11) is 0. The fraction of sp³-hybridized carbons (Fsp3) is 0.158. The SMILES string of the molecule is C/C=C\C=C(/C)n1c2ccccc2c2cc(C)ccc21. The maximum Gasteiger partial charge on any atom is 0.0537 e. The fourth-order valence-corrected chi connectivity index (χ4v) is 2.78. The molecular formula is C19H19N. The summed E-state index contributed by atoms with van der Waals surface area (Å²) in [6.45, 7) is 6.35. The number of hydrogen-bond donors (Lipinski definition) is 0. The van der Waals surface area contributed by atoms with Crippen molar-refractivity contribution in [1.29, 1.82) is 0 Å². The van der Waals surface area contributed by atoms with Gasteiger partial charge in [-0.15, -0.1) is 0 Å². The molecule has 2 aromatic carbocycles. The van der Waals surface area contributed by atoms with Crippen molar-refractivity contribution in [2.75, 3.05) is 0 Å². The molecule has 1 heteroatoms. The van der Waals surface area contributed by atoms with E-state index in [4.69, 9.17) is 0 Å². The first-order valence-corrected chi connectivity index (χ1v) is 7.02. The zero-order valence-electron chi connectivity index (χ0n) is 12.2. The van der Waals surface area contributed by atoms with E-state index >= 15 is 0 Å². The third-order valence-corrected chi connectivity index (χ3v) is 3.71. The first kappa shape index (κ1) is 12.7. The lowest BCUT2D eigenvalue weighted by molar-refractivity contribution is 1.20. The van der Waals surface area contributed by atoms with Crippen LogP contribution in [0.4, 0.5) is 0 Å². The first-order chi connectivity index (χ1) is 9.72. The number of hydrogen-bond acceptors (Lipinski definition) is 0. The van der Waals surface area contributed by atoms with E-state index in [1.807, 2.05) is 6.92 Å². The van der Waals surface area contributed by atoms with Crippen molar-refractivity contribution >= 4 is 27.5 Å². The van der Waals surface area contributed by atoms with Gasteiger partial charge in [-0.3, -0.25) is 0 Å². The van der Waals surface area contributed by atoms with E-state index in [9.17, 15) is 0 Å². The van der Waals surface area contributed by atoms with E-state index in [0.29, 0.717) is 0 Å². The Morgan fingerprint density at radius 1 is 1.00 bits per heavy atom. The van der Waals surface area contributed by atoms with E-state index in [-0.39, 0.29) is 0 Å². The van der Waals surface area contributed by atoms with Crippen LogP contribution in [0.1, 0.15) is 19.4 Å². The molecule has 0 bridgehead atoms. The standard InChI is InChI=1S/C19H19N/c1-4-5-8-15(3)20-18-10-7-6-9-16(18)17-13-14(2)11-12-19(17)20/h4-13H,1-3H3/b5-4-,15-8+. The van der Waals surface area contributed by atoms with E-state index < -0.39 is 0 Å². The van der Waals surface area contributed by atoms with E-state index in [1.54, 1.807) is 0 Å². The molecule has 0 fully saturated rings. The van der Waals surface area contributed by atoms with Crippen molar-refractivity contribution in [1.82, 2.24) is 4.57 Å². The number of allylic oxidation sites excluding steroid dienone is 4. The molecule has 0 aliphatic rings. The average molecular weight is 261 g/mol. The molecule has 0 aliphatic heterocycles. The van der Waals surface area contributed by atoms with Gasteiger partial charge in [-0.25, -0.2) is 0 Å². The monoisotopic (exact) mass is 261 g/mol. The molecule has 100 valence electrons. The highest BCUT2D eigenvalue weighted by Crippen LogP contribution is 2.32. The van der Waals surface area contributed by atoms with E-state index in [1.165, 1.54) is 33.1 Å². The number of rotatable bonds is 2. The highest BCUT2D eigenvalue weighted by atomic mass is 15.0. The summed E-state index contributed by atoms with van der Waals surface area (Å²) in [6.07, 6.45) is 6.30. The summed E-state index contributed by atoms with van der Waals surface area (Å²) in [5, 5.41) is 2.65. The third-order valence-electron chi connectivity index (χ3n) is 3.71. The van der Waals surface area contributed by atoms with Gasteiger partial charge in [0.05, 0.1) is 11.0 Å². The van der Waals surface area contributed by atoms with Crippen LogP contribution >= 0.6 is 0 Å². The molecule has 0 N–H and O–H groups in total. The van der Waals surface area contributed by atoms with Crippen LogP contribution in [0.15, 0.2) is 60.7 Å². The molecule has 0 amide bonds. The maximum atomic E-state index is 2.34. The second-order valence-corrected chi connectivity index (χ2v) is 5.21. The van der Waals surface area contributed by atoms with Crippen molar-refractivity contribution in [2.24, 2.45) is 0 Å². The number of benzene rings is 2. The maximum absolute atomic E-state index is 2.34. The van der Waals surface area contributed by atoms with Crippen LogP contribution in [0.3, 0.4) is 0 Å². The molecule has 0 spiro atoms. The lowest BCUT2D eigenvalue weighted by atomic mass is 10.1. The topological polar surface area (TPSA) is 4.93 Å². The predicted octanol–water partition coefficient (Wildman–Crippen LogP) is 5.54. The van der Waals surface area contributed by atoms with Crippen molar-refractivity contribution in [3.05, 3.63) is 66.3 Å². The van der Waals surface area contributed by atoms with Crippen LogP contribution < -0.4 is 0 Å². The lowest BCUT2D eigenvalue weighted by Crippen LogP contribution is -1.92. The van der Waals surface area contributed by atoms with Crippen molar-refractivity contribution in [2.45, 2.75) is 20.8 Å². The van der Waals surface area contributed by atoms with Crippen molar-refractivity contribution in [3.63, 3.8) is 0 Å². The first-order valence-electron chi connectivity index (χ1n) is 7.02. The Balaban J connectivity index is 2.44. The van der Waals surface area contributed by atoms with Crippen LogP contribution in [0.25, 0.3) is 27.5 Å². The van der Waals surface area contributed by atoms with Crippen LogP contribution in [0, 0.1) is 6.92 Å². The molecule has 3 aromatic rings. The fourth-order valence-electron chi connectivity index (χ4n) is 2.78. The van der Waals surface area contributed by atoms with Gasteiger partial charge < -0.3 is 4.57 Å². The number of para-hydroxylation sites is 1. The molecule has 1 heterocycles. The minimum absolute atomic E-state index is 1.23. The van der Waals surface area contributed by atoms with Gasteiger partial charge >= 0.3 is 0 Å². The number of nitrogens with zero attached hydrogens (tertiary/aromatic N) is 1. The van der Waals surface area contributed by atoms with Gasteiger partial charge in [0.25, 0.3) is 0 Å². The Hall–Kier alpha value is -2.28. The molecule has 20 heavy (non-hydrogen) atoms. The van der Waals surface area contributed by atoms with Gasteiger partial charge in [0.2, 0.25) is 0 Å². The molecule has 0 saturated heterocycles. The van der Waals surface area contributed by atoms with Gasteiger partial charge in [-0.1, -0.05) is 42.0 Å². The van der Waals surface area contributed by atoms with Gasteiger partial charge in [-0.05, 0) is 45.0 Å². The van der Waals surface area contributed by atoms with Crippen LogP contribution in [-0.4, -0.2) is 4.57 Å². The number of aromatic nitrogens is 1. The van der Waals surface area contributed by atoms with E-state index in [2.05, 4.69) is 79.1 Å². The Morgan fingerprint density at radius 2 is 1.75 bits per heavy atom. The molecule has 0 radical (unpaired) electrons. The van der Waals surface area contributed by atoms with Crippen LogP contribution in [-0.2, 0) is 0 Å². The highest BCUT2D eigenvalue weighted by Gasteiger charge is 2.10. The molecule has 1 aromatic heterocycles. The highest BCUT2D eigenvalue weighted by molar-refractivity contribution is 6.10. The van der Waals surface area contributed by atoms with Crippen molar-refractivity contribution in [3.8, 4) is 0 Å². The average Bonchev–Trinajstić information content (AvgIpc) is 2.79. The third kappa shape index (κ3) is 1.96. The molecule has 0 saturated carbocycles. The molecular weight excluding hydrogens is 242 g/mol. The summed E-state index contributed by atoms with van der Waals surface area (Å²) in [4.78, 5) is 0. The Morgan fingerprint density at radius 3 is 2.55 bits per heavy atom. The van der Waals surface area contributed by atoms with Crippen LogP contribution in [0.2, 0.25) is 0 Å². The minimum Gasteiger partial charge on any atom is -0.313 e. The summed E-state index contributed by atoms with van der Waals surface area (Å²) in [6, 6.07) is 15.3. The predicted molar refractivity (Wildman–Crippen MR) is 88.9 cm³/mol. The second kappa shape index (κ2) is 5.01. The van der Waals surface area contributed by atoms with Crippen molar-refractivity contribution < 1.29 is 0 Å². The summed E-state index contributed by atoms with van der Waals surface area (Å²) < 4.78 is 2.34. The van der Waals surface area contributed by atoms with Gasteiger partial charge in [0.15, 0.2) is 0 Å². The van der Waals surface area contributed by atoms with Gasteiger partial charge in [0.1, 0.15) is 0 Å². The van der Waals surface area contributed by atoms with Gasteiger partial charge in [-0.2, -0.15) is 0 Å². The summed E-state index contributed by atoms with van der Waals surface area (Å²) >= 11 is 0. The van der Waals surface area contributed by atoms with Crippen LogP contribution in [0.5, 0.6) is 0 Å². The summed E-state index contributed by atoms with van der Waals surface area (Å²) in [5.74, 6) is 0. The Kier molecular flexibility index (Phi) is 3.19. The molecule has 1 nitrogen and oxygen atoms in total. The quantitative estimate of drug-likeness (QED) is 0.534. The molecule has 0 unspecified atom stereocenters. The number of fused-ring (bicyclic) bond motifs is 3.